The van der Waals surface area contributed by atoms with E-state index in [1.165, 1.54) is 27.2 Å². The van der Waals surface area contributed by atoms with E-state index >= 15 is 0 Å². The van der Waals surface area contributed by atoms with Crippen LogP contribution in [0.25, 0.3) is 0 Å². The number of carbonyl (C=O) groups excluding carboxylic acids is 2. The van der Waals surface area contributed by atoms with Crippen molar-refractivity contribution >= 4 is 46.4 Å². The fourth-order valence-electron chi connectivity index (χ4n) is 2.78. The molecule has 0 aliphatic rings. The molecule has 9 nitrogen and oxygen atoms in total. The number of carbonyl (C=O) groups is 2. The summed E-state index contributed by atoms with van der Waals surface area (Å²) in [5.74, 6) is 0.212. The number of rotatable bonds is 11. The predicted molar refractivity (Wildman–Crippen MR) is 126 cm³/mol. The zero-order valence-corrected chi connectivity index (χ0v) is 20.4. The number of azo groups is 1. The molecule has 178 valence electrons. The fraction of sp³-hybridized carbons (Fsp3) is 0.364. The maximum atomic E-state index is 13.0. The summed E-state index contributed by atoms with van der Waals surface area (Å²) in [6.07, 6.45) is 0. The Balaban J connectivity index is 2.34. The maximum Gasteiger partial charge on any atom is 0.276 e. The molecule has 11 heteroatoms. The van der Waals surface area contributed by atoms with E-state index in [4.69, 9.17) is 42.3 Å². The molecule has 0 saturated heterocycles. The maximum absolute atomic E-state index is 13.0. The summed E-state index contributed by atoms with van der Waals surface area (Å²) in [7, 11) is 2.89. The van der Waals surface area contributed by atoms with Gasteiger partial charge in [-0.3, -0.25) is 9.59 Å². The summed E-state index contributed by atoms with van der Waals surface area (Å²) in [5, 5.41) is 8.00. The molecule has 0 saturated carbocycles. The highest BCUT2D eigenvalue weighted by molar-refractivity contribution is 6.39. The molecule has 33 heavy (non-hydrogen) atoms. The summed E-state index contributed by atoms with van der Waals surface area (Å²) in [6, 6.07) is 6.34. The number of halogens is 2. The van der Waals surface area contributed by atoms with Crippen molar-refractivity contribution in [2.24, 2.45) is 10.2 Å². The Morgan fingerprint density at radius 2 is 1.64 bits per heavy atom. The van der Waals surface area contributed by atoms with Gasteiger partial charge in [0, 0.05) is 17.8 Å². The van der Waals surface area contributed by atoms with Gasteiger partial charge in [0.15, 0.2) is 28.8 Å². The van der Waals surface area contributed by atoms with Gasteiger partial charge in [-0.15, -0.1) is 0 Å². The van der Waals surface area contributed by atoms with E-state index in [1.807, 2.05) is 13.8 Å². The Kier molecular flexibility index (Phi) is 9.74. The predicted octanol–water partition coefficient (Wildman–Crippen LogP) is 5.38. The molecule has 1 amide bonds. The van der Waals surface area contributed by atoms with Crippen molar-refractivity contribution in [1.82, 2.24) is 0 Å². The van der Waals surface area contributed by atoms with E-state index in [1.54, 1.807) is 24.3 Å². The van der Waals surface area contributed by atoms with Crippen LogP contribution in [-0.4, -0.2) is 45.2 Å². The number of anilines is 1. The van der Waals surface area contributed by atoms with Gasteiger partial charge >= 0.3 is 0 Å². The van der Waals surface area contributed by atoms with Crippen LogP contribution in [0.4, 0.5) is 11.4 Å². The van der Waals surface area contributed by atoms with Crippen molar-refractivity contribution in [2.45, 2.75) is 26.8 Å². The van der Waals surface area contributed by atoms with Gasteiger partial charge in [0.25, 0.3) is 5.91 Å². The van der Waals surface area contributed by atoms with Gasteiger partial charge in [0.1, 0.15) is 10.7 Å². The molecule has 0 aliphatic heterocycles. The topological polar surface area (TPSA) is 99.0 Å². The molecule has 0 heterocycles. The third-order valence-electron chi connectivity index (χ3n) is 4.31. The quantitative estimate of drug-likeness (QED) is 0.234. The first-order chi connectivity index (χ1) is 15.8. The third-order valence-corrected chi connectivity index (χ3v) is 5.04. The lowest BCUT2D eigenvalue weighted by Gasteiger charge is -2.19. The molecule has 1 atom stereocenters. The number of benzene rings is 2. The molecule has 1 unspecified atom stereocenters. The normalized spacial score (nSPS) is 11.7. The Morgan fingerprint density at radius 3 is 2.21 bits per heavy atom. The van der Waals surface area contributed by atoms with E-state index in [9.17, 15) is 9.59 Å². The van der Waals surface area contributed by atoms with Crippen LogP contribution >= 0.6 is 23.4 Å². The molecule has 0 bridgehead atoms. The Bertz CT molecular complexity index is 1030. The first-order valence-corrected chi connectivity index (χ1v) is 10.7. The lowest BCUT2D eigenvalue weighted by atomic mass is 10.2. The minimum Gasteiger partial charge on any atom is -0.493 e. The number of ketones is 1. The summed E-state index contributed by atoms with van der Waals surface area (Å²) in [5.41, 5.74) is 0.466. The standard InChI is InChI=1S/C22H25Cl2N3O6/c1-6-32-16-10-8-14(12-18(16)33-7-2)27(24)22(29)20(13(3)28)26-25-15-9-11-17(30-4)21(31-5)19(15)23/h8-12,20H,6-7H2,1-5H3. The van der Waals surface area contributed by atoms with Crippen LogP contribution in [0.3, 0.4) is 0 Å². The SMILES string of the molecule is CCOc1ccc(N(Cl)C(=O)C(N=Nc2ccc(OC)c(OC)c2Cl)C(C)=O)cc1OCC. The highest BCUT2D eigenvalue weighted by Crippen LogP contribution is 2.41. The van der Waals surface area contributed by atoms with E-state index in [0.717, 1.165) is 4.42 Å². The average molecular weight is 498 g/mol. The molecule has 0 aromatic heterocycles. The molecule has 0 aliphatic carbocycles. The second kappa shape index (κ2) is 12.3. The summed E-state index contributed by atoms with van der Waals surface area (Å²) in [4.78, 5) is 25.1. The van der Waals surface area contributed by atoms with Crippen molar-refractivity contribution in [3.8, 4) is 23.0 Å². The van der Waals surface area contributed by atoms with Crippen LogP contribution in [0, 0.1) is 0 Å². The van der Waals surface area contributed by atoms with Gasteiger partial charge in [-0.05, 0) is 45.0 Å². The van der Waals surface area contributed by atoms with Crippen LogP contribution in [0.1, 0.15) is 20.8 Å². The lowest BCUT2D eigenvalue weighted by molar-refractivity contribution is -0.126. The molecule has 0 spiro atoms. The number of methoxy groups -OCH3 is 2. The Hall–Kier alpha value is -3.04. The number of amides is 1. The van der Waals surface area contributed by atoms with Crippen molar-refractivity contribution in [3.05, 3.63) is 35.4 Å². The average Bonchev–Trinajstić information content (AvgIpc) is 2.80. The minimum atomic E-state index is -1.49. The molecular formula is C22H25Cl2N3O6. The first kappa shape index (κ1) is 26.2. The zero-order chi connectivity index (χ0) is 24.5. The van der Waals surface area contributed by atoms with E-state index in [-0.39, 0.29) is 22.1 Å². The molecule has 2 aromatic carbocycles. The van der Waals surface area contributed by atoms with E-state index in [0.29, 0.717) is 30.5 Å². The van der Waals surface area contributed by atoms with Crippen molar-refractivity contribution in [2.75, 3.05) is 31.9 Å². The van der Waals surface area contributed by atoms with E-state index in [2.05, 4.69) is 10.2 Å². The van der Waals surface area contributed by atoms with Crippen LogP contribution in [0.2, 0.25) is 5.02 Å². The molecule has 0 radical (unpaired) electrons. The summed E-state index contributed by atoms with van der Waals surface area (Å²) >= 11 is 12.6. The molecule has 0 N–H and O–H groups in total. The first-order valence-electron chi connectivity index (χ1n) is 10.00. The summed E-state index contributed by atoms with van der Waals surface area (Å²) in [6.45, 7) is 5.70. The Labute approximate surface area is 202 Å². The number of hydrogen-bond acceptors (Lipinski definition) is 8. The van der Waals surface area contributed by atoms with Crippen LogP contribution in [0.5, 0.6) is 23.0 Å². The van der Waals surface area contributed by atoms with Crippen LogP contribution in [-0.2, 0) is 9.59 Å². The van der Waals surface area contributed by atoms with Gasteiger partial charge in [-0.25, -0.2) is 4.42 Å². The van der Waals surface area contributed by atoms with Gasteiger partial charge in [0.05, 0.1) is 33.1 Å². The number of nitrogens with zero attached hydrogens (tertiary/aromatic N) is 3. The van der Waals surface area contributed by atoms with Crippen LogP contribution < -0.4 is 23.4 Å². The number of hydrogen-bond donors (Lipinski definition) is 0. The highest BCUT2D eigenvalue weighted by atomic mass is 35.5. The fourth-order valence-corrected chi connectivity index (χ4v) is 3.25. The molecule has 0 fully saturated rings. The van der Waals surface area contributed by atoms with Gasteiger partial charge in [0.2, 0.25) is 6.04 Å². The minimum absolute atomic E-state index is 0.117. The lowest BCUT2D eigenvalue weighted by Crippen LogP contribution is -2.36. The number of ether oxygens (including phenoxy) is 4. The van der Waals surface area contributed by atoms with Gasteiger partial charge in [-0.1, -0.05) is 11.6 Å². The molecule has 2 rings (SSSR count). The van der Waals surface area contributed by atoms with Crippen molar-refractivity contribution in [1.29, 1.82) is 0 Å². The Morgan fingerprint density at radius 1 is 1.00 bits per heavy atom. The smallest absolute Gasteiger partial charge is 0.276 e. The van der Waals surface area contributed by atoms with Crippen LogP contribution in [0.15, 0.2) is 40.6 Å². The van der Waals surface area contributed by atoms with Crippen molar-refractivity contribution in [3.63, 3.8) is 0 Å². The monoisotopic (exact) mass is 497 g/mol. The van der Waals surface area contributed by atoms with Crippen molar-refractivity contribution < 1.29 is 28.5 Å². The second-order valence-electron chi connectivity index (χ2n) is 6.48. The molecular weight excluding hydrogens is 473 g/mol. The second-order valence-corrected chi connectivity index (χ2v) is 7.19. The largest absolute Gasteiger partial charge is 0.493 e. The number of Topliss-reactive ketones (excluding diaryl/α,β-unsaturated/α-hetero) is 1. The summed E-state index contributed by atoms with van der Waals surface area (Å²) < 4.78 is 22.3. The highest BCUT2D eigenvalue weighted by Gasteiger charge is 2.29. The zero-order valence-electron chi connectivity index (χ0n) is 18.9. The van der Waals surface area contributed by atoms with E-state index < -0.39 is 17.7 Å². The van der Waals surface area contributed by atoms with Gasteiger partial charge in [-0.2, -0.15) is 10.2 Å². The third kappa shape index (κ3) is 6.27. The molecule has 2 aromatic rings. The van der Waals surface area contributed by atoms with Gasteiger partial charge < -0.3 is 18.9 Å².